The van der Waals surface area contributed by atoms with Gasteiger partial charge in [0.2, 0.25) is 65.0 Å². The maximum absolute atomic E-state index is 14.5. The summed E-state index contributed by atoms with van der Waals surface area (Å²) in [4.78, 5) is 148. The fraction of sp³-hybridized carbons (Fsp3) is 0.630. The molecule has 22 nitrogen and oxygen atoms in total. The Morgan fingerprint density at radius 3 is 1.99 bits per heavy atom. The summed E-state index contributed by atoms with van der Waals surface area (Å²) in [6.45, 7) is 8.67. The monoisotopic (exact) mass is 986 g/mol. The number of primary amides is 3. The van der Waals surface area contributed by atoms with Crippen molar-refractivity contribution in [3.8, 4) is 0 Å². The number of hydrogen-bond acceptors (Lipinski definition) is 12. The molecule has 2 fully saturated rings. The van der Waals surface area contributed by atoms with Crippen LogP contribution in [0, 0.1) is 11.8 Å². The molecule has 2 aliphatic rings. The van der Waals surface area contributed by atoms with E-state index in [1.54, 1.807) is 20.8 Å². The van der Waals surface area contributed by atoms with Crippen LogP contribution in [0.3, 0.4) is 0 Å². The Morgan fingerprint density at radius 1 is 0.739 bits per heavy atom. The van der Waals surface area contributed by atoms with Gasteiger partial charge in [-0.15, -0.1) is 0 Å². The van der Waals surface area contributed by atoms with Crippen molar-refractivity contribution < 1.29 is 52.7 Å². The lowest BCUT2D eigenvalue weighted by atomic mass is 9.96. The summed E-state index contributed by atoms with van der Waals surface area (Å²) in [7, 11) is 0. The fourth-order valence-electron chi connectivity index (χ4n) is 7.81. The molecule has 69 heavy (non-hydrogen) atoms. The van der Waals surface area contributed by atoms with Gasteiger partial charge in [-0.05, 0) is 60.8 Å². The van der Waals surface area contributed by atoms with Crippen molar-refractivity contribution in [2.45, 2.75) is 148 Å². The van der Waals surface area contributed by atoms with Gasteiger partial charge < -0.3 is 59.3 Å². The zero-order valence-electron chi connectivity index (χ0n) is 40.2. The molecule has 2 aliphatic heterocycles. The molecule has 9 atom stereocenters. The highest BCUT2D eigenvalue weighted by atomic mass is 32.2. The number of benzene rings is 1. The number of thioether (sulfide) groups is 1. The van der Waals surface area contributed by atoms with E-state index in [-0.39, 0.29) is 56.1 Å². The summed E-state index contributed by atoms with van der Waals surface area (Å²) in [5, 5.41) is 18.3. The van der Waals surface area contributed by atoms with E-state index in [1.807, 2.05) is 38.1 Å². The first-order chi connectivity index (χ1) is 32.7. The molecule has 0 unspecified atom stereocenters. The van der Waals surface area contributed by atoms with E-state index in [1.165, 1.54) is 16.7 Å². The minimum Gasteiger partial charge on any atom is -0.370 e. The molecule has 13 N–H and O–H groups in total. The number of nitrogens with zero attached hydrogens (tertiary/aromatic N) is 1. The number of rotatable bonds is 18. The molecule has 1 aromatic carbocycles. The fourth-order valence-corrected chi connectivity index (χ4v) is 8.75. The maximum atomic E-state index is 14.5. The highest BCUT2D eigenvalue weighted by molar-refractivity contribution is 7.99. The molecule has 3 rings (SSSR count). The molecular formula is C46H71N11O11S. The largest absolute Gasteiger partial charge is 0.370 e. The molecule has 0 bridgehead atoms. The van der Waals surface area contributed by atoms with Crippen molar-refractivity contribution in [3.63, 3.8) is 0 Å². The van der Waals surface area contributed by atoms with Crippen LogP contribution in [-0.4, -0.2) is 137 Å². The highest BCUT2D eigenvalue weighted by Crippen LogP contribution is 2.22. The zero-order chi connectivity index (χ0) is 51.4. The van der Waals surface area contributed by atoms with E-state index in [9.17, 15) is 52.7 Å². The third kappa shape index (κ3) is 18.3. The first-order valence-corrected chi connectivity index (χ1v) is 24.7. The molecular weight excluding hydrogens is 915 g/mol. The van der Waals surface area contributed by atoms with Gasteiger partial charge in [-0.3, -0.25) is 52.7 Å². The van der Waals surface area contributed by atoms with Gasteiger partial charge in [0, 0.05) is 31.6 Å². The van der Waals surface area contributed by atoms with Crippen LogP contribution in [0.15, 0.2) is 24.3 Å². The lowest BCUT2D eigenvalue weighted by Crippen LogP contribution is -2.61. The highest BCUT2D eigenvalue weighted by Gasteiger charge is 2.41. The number of nitrogens with one attached hydrogen (secondary N) is 7. The van der Waals surface area contributed by atoms with E-state index < -0.39 is 133 Å². The molecule has 0 saturated carbocycles. The summed E-state index contributed by atoms with van der Waals surface area (Å²) in [5.41, 5.74) is 18.0. The number of carbonyl (C=O) groups excluding carboxylic acids is 11. The van der Waals surface area contributed by atoms with Gasteiger partial charge in [-0.1, -0.05) is 71.7 Å². The Bertz CT molecular complexity index is 2020. The molecule has 0 radical (unpaired) electrons. The third-order valence-electron chi connectivity index (χ3n) is 12.4. The van der Waals surface area contributed by atoms with Gasteiger partial charge in [0.15, 0.2) is 0 Å². The van der Waals surface area contributed by atoms with Gasteiger partial charge in [0.1, 0.15) is 42.3 Å². The topological polar surface area (TPSA) is 353 Å². The zero-order valence-corrected chi connectivity index (χ0v) is 41.0. The average molecular weight is 986 g/mol. The molecule has 23 heteroatoms. The van der Waals surface area contributed by atoms with E-state index in [4.69, 9.17) is 17.2 Å². The van der Waals surface area contributed by atoms with Crippen LogP contribution < -0.4 is 54.4 Å². The van der Waals surface area contributed by atoms with Gasteiger partial charge in [-0.25, -0.2) is 0 Å². The third-order valence-corrected chi connectivity index (χ3v) is 13.4. The Kier molecular flexibility index (Phi) is 23.4. The second-order valence-electron chi connectivity index (χ2n) is 17.6. The lowest BCUT2D eigenvalue weighted by molar-refractivity contribution is -0.143. The average Bonchev–Trinajstić information content (AvgIpc) is 3.81. The summed E-state index contributed by atoms with van der Waals surface area (Å²) in [6.07, 6.45) is 0.692. The second kappa shape index (κ2) is 28.3. The Morgan fingerprint density at radius 2 is 1.38 bits per heavy atom. The van der Waals surface area contributed by atoms with Crippen molar-refractivity contribution in [1.82, 2.24) is 42.1 Å². The summed E-state index contributed by atoms with van der Waals surface area (Å²) in [5.74, 6) is -9.08. The Labute approximate surface area is 407 Å². The van der Waals surface area contributed by atoms with E-state index in [0.717, 1.165) is 17.5 Å². The van der Waals surface area contributed by atoms with Crippen LogP contribution in [0.5, 0.6) is 0 Å². The van der Waals surface area contributed by atoms with Gasteiger partial charge in [0.05, 0.1) is 13.0 Å². The van der Waals surface area contributed by atoms with Gasteiger partial charge >= 0.3 is 0 Å². The molecule has 382 valence electrons. The van der Waals surface area contributed by atoms with Crippen LogP contribution in [0.2, 0.25) is 0 Å². The van der Waals surface area contributed by atoms with Crippen LogP contribution >= 0.6 is 11.8 Å². The lowest BCUT2D eigenvalue weighted by Gasteiger charge is -2.31. The van der Waals surface area contributed by atoms with Crippen molar-refractivity contribution in [1.29, 1.82) is 0 Å². The molecule has 1 aromatic rings. The number of amides is 11. The van der Waals surface area contributed by atoms with Crippen molar-refractivity contribution in [2.75, 3.05) is 24.6 Å². The standard InChI is InChI=1S/C46H71N11O11S/c1-6-25(4)38(44(66)50-24-36(49)60)56-43(65)33-10-9-19-57(33)46(68)30-17-20-69-21-18-37(61)51-31(22-28-13-11-27(8-3)12-14-28)42(64)55-39(26(5)7-2)45(67)52-29(15-16-34(47)58)40(62)54-32(23-35(48)59)41(63)53-30/h11-14,25-26,29-33,38-39H,6-10,15-24H2,1-5H3,(H2,47,58)(H2,48,59)(H2,49,60)(H,50,66)(H,51,61)(H,52,67)(H,53,63)(H,54,62)(H,55,64)(H,56,65)/t25-,26-,29+,30-,31-,32-,33-,38-,39-/m0/s1. The minimum absolute atomic E-state index is 0.0585. The molecule has 2 saturated heterocycles. The minimum atomic E-state index is -1.70. The Hall–Kier alpha value is -6.26. The quantitative estimate of drug-likeness (QED) is 0.0768. The Balaban J connectivity index is 2.03. The normalized spacial score (nSPS) is 23.6. The SMILES string of the molecule is CCc1ccc(C[C@@H]2NC(=O)CCSCC[C@@H](C(=O)N3CCC[C@H]3C(=O)N[C@H](C(=O)NCC(N)=O)[C@@H](C)CC)NC(=O)[C@H](CC(N)=O)NC(=O)[C@@H](CCC(N)=O)NC(=O)[C@H]([C@@H](C)CC)NC2=O)cc1. The van der Waals surface area contributed by atoms with E-state index in [0.29, 0.717) is 19.3 Å². The predicted molar refractivity (Wildman–Crippen MR) is 256 cm³/mol. The van der Waals surface area contributed by atoms with Crippen LogP contribution in [-0.2, 0) is 65.6 Å². The molecule has 0 aliphatic carbocycles. The van der Waals surface area contributed by atoms with Gasteiger partial charge in [0.25, 0.3) is 0 Å². The molecule has 11 amide bonds. The van der Waals surface area contributed by atoms with Crippen molar-refractivity contribution in [2.24, 2.45) is 29.0 Å². The smallest absolute Gasteiger partial charge is 0.245 e. The maximum Gasteiger partial charge on any atom is 0.245 e. The molecule has 2 heterocycles. The van der Waals surface area contributed by atoms with Gasteiger partial charge in [-0.2, -0.15) is 11.8 Å². The summed E-state index contributed by atoms with van der Waals surface area (Å²) >= 11 is 1.27. The number of likely N-dealkylation sites (tertiary alicyclic amines) is 1. The number of carbonyl (C=O) groups is 11. The summed E-state index contributed by atoms with van der Waals surface area (Å²) < 4.78 is 0. The molecule has 0 aromatic heterocycles. The number of nitrogens with two attached hydrogens (primary N) is 3. The van der Waals surface area contributed by atoms with Crippen molar-refractivity contribution >= 4 is 76.7 Å². The molecule has 0 spiro atoms. The number of aryl methyl sites for hydroxylation is 1. The van der Waals surface area contributed by atoms with E-state index in [2.05, 4.69) is 37.2 Å². The van der Waals surface area contributed by atoms with Crippen LogP contribution in [0.1, 0.15) is 104 Å². The van der Waals surface area contributed by atoms with Crippen LogP contribution in [0.25, 0.3) is 0 Å². The van der Waals surface area contributed by atoms with E-state index >= 15 is 0 Å². The first-order valence-electron chi connectivity index (χ1n) is 23.6. The second-order valence-corrected chi connectivity index (χ2v) is 18.8. The first kappa shape index (κ1) is 57.1. The van der Waals surface area contributed by atoms with Crippen LogP contribution in [0.4, 0.5) is 0 Å². The number of hydrogen-bond donors (Lipinski definition) is 10. The summed E-state index contributed by atoms with van der Waals surface area (Å²) in [6, 6.07) is -1.60. The van der Waals surface area contributed by atoms with Crippen molar-refractivity contribution in [3.05, 3.63) is 35.4 Å². The predicted octanol–water partition coefficient (Wildman–Crippen LogP) is -1.95.